The van der Waals surface area contributed by atoms with Crippen LogP contribution in [0.3, 0.4) is 0 Å². The van der Waals surface area contributed by atoms with Crippen molar-refractivity contribution >= 4 is 42.2 Å². The average Bonchev–Trinajstić information content (AvgIpc) is 2.72. The van der Waals surface area contributed by atoms with Crippen LogP contribution in [0.25, 0.3) is 0 Å². The lowest BCUT2D eigenvalue weighted by Crippen LogP contribution is -2.17. The summed E-state index contributed by atoms with van der Waals surface area (Å²) in [6.07, 6.45) is 0. The molecule has 3 aromatic carbocycles. The molecule has 0 spiro atoms. The average molecular weight is 544 g/mol. The quantitative estimate of drug-likeness (QED) is 0.238. The minimum absolute atomic E-state index is 0.00337. The fraction of sp³-hybridized carbons (Fsp3) is 0.296. The van der Waals surface area contributed by atoms with E-state index in [2.05, 4.69) is 111 Å². The SMILES string of the molecule is CC(C)(C)c1cc(C=Ic2ccccc2Sc2ccccc2)c(N=O)c(C(C)(C)C)c1. The zero-order valence-corrected chi connectivity index (χ0v) is 22.0. The van der Waals surface area contributed by atoms with E-state index < -0.39 is 20.7 Å². The van der Waals surface area contributed by atoms with Crippen molar-refractivity contribution in [1.29, 1.82) is 0 Å². The van der Waals surface area contributed by atoms with Gasteiger partial charge in [0.05, 0.1) is 0 Å². The predicted octanol–water partition coefficient (Wildman–Crippen LogP) is 8.82. The first-order chi connectivity index (χ1) is 14.6. The van der Waals surface area contributed by atoms with Crippen LogP contribution in [-0.2, 0) is 10.8 Å². The molecule has 0 saturated heterocycles. The Bertz CT molecular complexity index is 1090. The van der Waals surface area contributed by atoms with Crippen molar-refractivity contribution in [2.75, 3.05) is 0 Å². The molecule has 0 heterocycles. The molecule has 2 nitrogen and oxygen atoms in total. The standard InChI is InChI=1S/C27H30INOS/c1-26(2,3)20-16-19(25(29-30)22(17-20)27(4,5)6)18-28-23-14-10-11-15-24(23)31-21-12-8-7-9-13-21/h7-18H,1-6H3. The third kappa shape index (κ3) is 6.13. The lowest BCUT2D eigenvalue weighted by molar-refractivity contribution is 0.569. The van der Waals surface area contributed by atoms with Gasteiger partial charge in [0.25, 0.3) is 0 Å². The topological polar surface area (TPSA) is 29.4 Å². The number of nitrogens with zero attached hydrogens (tertiary/aromatic N) is 1. The van der Waals surface area contributed by atoms with Crippen LogP contribution in [0.1, 0.15) is 58.2 Å². The first kappa shape index (κ1) is 23.9. The van der Waals surface area contributed by atoms with E-state index in [1.807, 2.05) is 6.07 Å². The van der Waals surface area contributed by atoms with E-state index in [-0.39, 0.29) is 10.8 Å². The van der Waals surface area contributed by atoms with Gasteiger partial charge in [-0.05, 0) is 61.5 Å². The van der Waals surface area contributed by atoms with Gasteiger partial charge in [-0.25, -0.2) is 0 Å². The van der Waals surface area contributed by atoms with Crippen LogP contribution >= 0.6 is 32.5 Å². The minimum atomic E-state index is -0.438. The Hall–Kier alpha value is -1.79. The van der Waals surface area contributed by atoms with E-state index in [9.17, 15) is 4.91 Å². The van der Waals surface area contributed by atoms with Crippen LogP contribution in [0.2, 0.25) is 0 Å². The third-order valence-corrected chi connectivity index (χ3v) is 9.05. The summed E-state index contributed by atoms with van der Waals surface area (Å²) in [7, 11) is 0. The molecule has 4 heteroatoms. The van der Waals surface area contributed by atoms with Crippen LogP contribution in [0, 0.1) is 8.48 Å². The summed E-state index contributed by atoms with van der Waals surface area (Å²) in [5.74, 6) is 0. The summed E-state index contributed by atoms with van der Waals surface area (Å²) >= 11 is 1.36. The molecule has 0 aliphatic carbocycles. The van der Waals surface area contributed by atoms with E-state index in [4.69, 9.17) is 0 Å². The van der Waals surface area contributed by atoms with Gasteiger partial charge in [-0.2, -0.15) is 0 Å². The van der Waals surface area contributed by atoms with Gasteiger partial charge in [-0.3, -0.25) is 0 Å². The fourth-order valence-corrected chi connectivity index (χ4v) is 6.73. The van der Waals surface area contributed by atoms with Crippen molar-refractivity contribution in [2.24, 2.45) is 5.18 Å². The molecule has 3 aromatic rings. The summed E-state index contributed by atoms with van der Waals surface area (Å²) in [5, 5.41) is 3.49. The Kier molecular flexibility index (Phi) is 7.53. The number of rotatable bonds is 5. The van der Waals surface area contributed by atoms with Crippen LogP contribution < -0.4 is 0 Å². The van der Waals surface area contributed by atoms with Gasteiger partial charge in [0.15, 0.2) is 0 Å². The highest BCUT2D eigenvalue weighted by molar-refractivity contribution is 14.2. The van der Waals surface area contributed by atoms with Crippen LogP contribution in [-0.4, -0.2) is 4.01 Å². The second kappa shape index (κ2) is 9.78. The van der Waals surface area contributed by atoms with Crippen molar-refractivity contribution in [3.05, 3.63) is 91.9 Å². The summed E-state index contributed by atoms with van der Waals surface area (Å²) in [6.45, 7) is 13.1. The molecule has 0 unspecified atom stereocenters. The summed E-state index contributed by atoms with van der Waals surface area (Å²) in [6, 6.07) is 23.4. The Morgan fingerprint density at radius 1 is 0.839 bits per heavy atom. The molecule has 0 aliphatic heterocycles. The van der Waals surface area contributed by atoms with Crippen molar-refractivity contribution in [1.82, 2.24) is 0 Å². The molecule has 0 amide bonds. The summed E-state index contributed by atoms with van der Waals surface area (Å²) in [5.41, 5.74) is 3.69. The molecule has 162 valence electrons. The van der Waals surface area contributed by atoms with Crippen LogP contribution in [0.5, 0.6) is 0 Å². The maximum absolute atomic E-state index is 11.9. The van der Waals surface area contributed by atoms with Crippen LogP contribution in [0.4, 0.5) is 5.69 Å². The normalized spacial score (nSPS) is 12.6. The first-order valence-corrected chi connectivity index (χ1v) is 13.5. The van der Waals surface area contributed by atoms with Gasteiger partial charge in [0.2, 0.25) is 0 Å². The summed E-state index contributed by atoms with van der Waals surface area (Å²) in [4.78, 5) is 14.4. The van der Waals surface area contributed by atoms with E-state index in [0.717, 1.165) is 11.1 Å². The van der Waals surface area contributed by atoms with Crippen molar-refractivity contribution in [3.8, 4) is 0 Å². The molecule has 0 N–H and O–H groups in total. The number of hydrogen-bond acceptors (Lipinski definition) is 3. The Morgan fingerprint density at radius 3 is 2.10 bits per heavy atom. The zero-order valence-electron chi connectivity index (χ0n) is 19.1. The molecule has 0 atom stereocenters. The van der Waals surface area contributed by atoms with Gasteiger partial charge in [0.1, 0.15) is 5.69 Å². The van der Waals surface area contributed by atoms with E-state index in [1.54, 1.807) is 11.8 Å². The lowest BCUT2D eigenvalue weighted by Gasteiger charge is -2.26. The summed E-state index contributed by atoms with van der Waals surface area (Å²) < 4.78 is 3.62. The number of benzene rings is 3. The number of hydrogen-bond donors (Lipinski definition) is 0. The Morgan fingerprint density at radius 2 is 1.48 bits per heavy atom. The number of nitroso groups, excluding NO2 is 1. The molecule has 3 rings (SSSR count). The first-order valence-electron chi connectivity index (χ1n) is 10.4. The number of halogens is 1. The van der Waals surface area contributed by atoms with E-state index in [1.165, 1.54) is 18.9 Å². The van der Waals surface area contributed by atoms with Crippen molar-refractivity contribution in [3.63, 3.8) is 0 Å². The minimum Gasteiger partial charge on any atom is -0.145 e. The molecule has 0 saturated carbocycles. The smallest absolute Gasteiger partial charge is 0.119 e. The van der Waals surface area contributed by atoms with Gasteiger partial charge < -0.3 is 0 Å². The van der Waals surface area contributed by atoms with E-state index in [0.29, 0.717) is 5.69 Å². The third-order valence-electron chi connectivity index (χ3n) is 5.00. The molecule has 0 aliphatic rings. The van der Waals surface area contributed by atoms with E-state index >= 15 is 0 Å². The van der Waals surface area contributed by atoms with Gasteiger partial charge >= 0.3 is 0 Å². The molecule has 0 radical (unpaired) electrons. The maximum atomic E-state index is 11.9. The van der Waals surface area contributed by atoms with Crippen molar-refractivity contribution < 1.29 is 0 Å². The molecular formula is C27H30INOS. The zero-order chi connectivity index (χ0) is 22.6. The highest BCUT2D eigenvalue weighted by Gasteiger charge is 2.25. The Balaban J connectivity index is 2.08. The molecular weight excluding hydrogens is 513 g/mol. The highest BCUT2D eigenvalue weighted by Crippen LogP contribution is 2.39. The second-order valence-corrected chi connectivity index (χ2v) is 13.1. The highest BCUT2D eigenvalue weighted by atomic mass is 127. The second-order valence-electron chi connectivity index (χ2n) is 9.62. The maximum Gasteiger partial charge on any atom is 0.119 e. The predicted molar refractivity (Wildman–Crippen MR) is 144 cm³/mol. The lowest BCUT2D eigenvalue weighted by atomic mass is 9.78. The molecule has 0 fully saturated rings. The Labute approximate surface area is 200 Å². The van der Waals surface area contributed by atoms with Gasteiger partial charge in [0, 0.05) is 18.9 Å². The fourth-order valence-electron chi connectivity index (χ4n) is 3.20. The van der Waals surface area contributed by atoms with Gasteiger partial charge in [-0.15, -0.1) is 4.91 Å². The molecule has 31 heavy (non-hydrogen) atoms. The van der Waals surface area contributed by atoms with Gasteiger partial charge in [-0.1, -0.05) is 110 Å². The molecule has 0 bridgehead atoms. The van der Waals surface area contributed by atoms with Crippen LogP contribution in [0.15, 0.2) is 81.7 Å². The molecule has 0 aromatic heterocycles. The monoisotopic (exact) mass is 543 g/mol. The largest absolute Gasteiger partial charge is 0.145 e. The van der Waals surface area contributed by atoms with Crippen molar-refractivity contribution in [2.45, 2.75) is 62.2 Å².